The Kier molecular flexibility index (Phi) is 4.36. The van der Waals surface area contributed by atoms with Gasteiger partial charge in [-0.05, 0) is 25.3 Å². The number of rotatable bonds is 5. The highest BCUT2D eigenvalue weighted by atomic mass is 16.2. The summed E-state index contributed by atoms with van der Waals surface area (Å²) in [5.41, 5.74) is -1.00. The van der Waals surface area contributed by atoms with Crippen LogP contribution < -0.4 is 21.5 Å². The maximum atomic E-state index is 11.8. The first-order chi connectivity index (χ1) is 9.06. The SMILES string of the molecule is CC(C)CN(CC1CCCN1)c1n[nH]c(=O)[nH]c1=O. The molecule has 19 heavy (non-hydrogen) atoms. The monoisotopic (exact) mass is 267 g/mol. The van der Waals surface area contributed by atoms with Crippen LogP contribution in [-0.2, 0) is 0 Å². The Morgan fingerprint density at radius 1 is 1.42 bits per heavy atom. The molecule has 1 aliphatic rings. The average Bonchev–Trinajstić information content (AvgIpc) is 2.80. The predicted molar refractivity (Wildman–Crippen MR) is 73.6 cm³/mol. The molecule has 1 saturated heterocycles. The summed E-state index contributed by atoms with van der Waals surface area (Å²) < 4.78 is 0. The Morgan fingerprint density at radius 2 is 2.21 bits per heavy atom. The number of aromatic nitrogens is 3. The van der Waals surface area contributed by atoms with E-state index in [9.17, 15) is 9.59 Å². The van der Waals surface area contributed by atoms with Crippen LogP contribution >= 0.6 is 0 Å². The molecule has 1 atom stereocenters. The van der Waals surface area contributed by atoms with Gasteiger partial charge in [-0.2, -0.15) is 0 Å². The van der Waals surface area contributed by atoms with E-state index in [0.717, 1.165) is 32.5 Å². The lowest BCUT2D eigenvalue weighted by Gasteiger charge is -2.27. The van der Waals surface area contributed by atoms with Crippen LogP contribution in [0.3, 0.4) is 0 Å². The topological polar surface area (TPSA) is 93.9 Å². The second kappa shape index (κ2) is 6.01. The number of anilines is 1. The lowest BCUT2D eigenvalue weighted by Crippen LogP contribution is -2.43. The molecule has 0 radical (unpaired) electrons. The first-order valence-corrected chi connectivity index (χ1v) is 6.73. The van der Waals surface area contributed by atoms with Gasteiger partial charge in [-0.1, -0.05) is 13.8 Å². The van der Waals surface area contributed by atoms with Crippen molar-refractivity contribution in [3.8, 4) is 0 Å². The molecule has 7 nitrogen and oxygen atoms in total. The van der Waals surface area contributed by atoms with Crippen molar-refractivity contribution in [2.45, 2.75) is 32.7 Å². The normalized spacial score (nSPS) is 19.0. The number of nitrogens with zero attached hydrogens (tertiary/aromatic N) is 2. The molecule has 2 heterocycles. The minimum absolute atomic E-state index is 0.294. The fourth-order valence-electron chi connectivity index (χ4n) is 2.42. The van der Waals surface area contributed by atoms with Crippen molar-refractivity contribution in [2.24, 2.45) is 5.92 Å². The van der Waals surface area contributed by atoms with Crippen LogP contribution in [-0.4, -0.2) is 40.9 Å². The van der Waals surface area contributed by atoms with E-state index in [1.165, 1.54) is 0 Å². The summed E-state index contributed by atoms with van der Waals surface area (Å²) in [4.78, 5) is 27.0. The minimum Gasteiger partial charge on any atom is -0.349 e. The molecule has 0 bridgehead atoms. The molecule has 0 aromatic carbocycles. The summed E-state index contributed by atoms with van der Waals surface area (Å²) in [7, 11) is 0. The highest BCUT2D eigenvalue weighted by Crippen LogP contribution is 2.12. The third kappa shape index (κ3) is 3.66. The number of aromatic amines is 2. The van der Waals surface area contributed by atoms with E-state index >= 15 is 0 Å². The van der Waals surface area contributed by atoms with Gasteiger partial charge in [-0.15, -0.1) is 5.10 Å². The minimum atomic E-state index is -0.572. The highest BCUT2D eigenvalue weighted by Gasteiger charge is 2.21. The molecule has 7 heteroatoms. The van der Waals surface area contributed by atoms with E-state index in [1.807, 2.05) is 4.90 Å². The molecule has 106 valence electrons. The molecule has 1 aromatic heterocycles. The van der Waals surface area contributed by atoms with Crippen molar-refractivity contribution < 1.29 is 0 Å². The Bertz CT molecular complexity index is 515. The molecule has 0 amide bonds. The molecule has 0 aliphatic carbocycles. The number of nitrogens with one attached hydrogen (secondary N) is 3. The quantitative estimate of drug-likeness (QED) is 0.679. The summed E-state index contributed by atoms with van der Waals surface area (Å²) in [6.45, 7) is 6.68. The Hall–Kier alpha value is -1.63. The highest BCUT2D eigenvalue weighted by molar-refractivity contribution is 5.34. The second-order valence-electron chi connectivity index (χ2n) is 5.42. The van der Waals surface area contributed by atoms with Crippen LogP contribution in [0.2, 0.25) is 0 Å². The van der Waals surface area contributed by atoms with Gasteiger partial charge in [0.1, 0.15) is 0 Å². The van der Waals surface area contributed by atoms with Crippen molar-refractivity contribution in [1.82, 2.24) is 20.5 Å². The lowest BCUT2D eigenvalue weighted by atomic mass is 10.1. The first kappa shape index (κ1) is 13.8. The molecule has 0 spiro atoms. The molecule has 0 saturated carbocycles. The fourth-order valence-corrected chi connectivity index (χ4v) is 2.42. The Labute approximate surface area is 111 Å². The van der Waals surface area contributed by atoms with Crippen LogP contribution in [0.5, 0.6) is 0 Å². The molecular formula is C12H21N5O2. The molecule has 2 rings (SSSR count). The maximum absolute atomic E-state index is 11.8. The summed E-state index contributed by atoms with van der Waals surface area (Å²) in [5.74, 6) is 0.705. The van der Waals surface area contributed by atoms with E-state index in [0.29, 0.717) is 17.8 Å². The molecule has 1 fully saturated rings. The van der Waals surface area contributed by atoms with Crippen molar-refractivity contribution in [3.63, 3.8) is 0 Å². The van der Waals surface area contributed by atoms with Crippen molar-refractivity contribution in [1.29, 1.82) is 0 Å². The van der Waals surface area contributed by atoms with Gasteiger partial charge in [0, 0.05) is 19.1 Å². The fraction of sp³-hybridized carbons (Fsp3) is 0.750. The zero-order valence-corrected chi connectivity index (χ0v) is 11.4. The van der Waals surface area contributed by atoms with E-state index in [-0.39, 0.29) is 0 Å². The van der Waals surface area contributed by atoms with Crippen LogP contribution in [0.15, 0.2) is 9.59 Å². The molecule has 1 aromatic rings. The zero-order chi connectivity index (χ0) is 13.8. The van der Waals surface area contributed by atoms with Crippen LogP contribution in [0.25, 0.3) is 0 Å². The summed E-state index contributed by atoms with van der Waals surface area (Å²) >= 11 is 0. The lowest BCUT2D eigenvalue weighted by molar-refractivity contribution is 0.533. The summed E-state index contributed by atoms with van der Waals surface area (Å²) in [6.07, 6.45) is 2.27. The van der Waals surface area contributed by atoms with Crippen molar-refractivity contribution >= 4 is 5.82 Å². The van der Waals surface area contributed by atoms with Crippen molar-refractivity contribution in [2.75, 3.05) is 24.5 Å². The zero-order valence-electron chi connectivity index (χ0n) is 11.4. The third-order valence-corrected chi connectivity index (χ3v) is 3.18. The van der Waals surface area contributed by atoms with E-state index < -0.39 is 11.2 Å². The van der Waals surface area contributed by atoms with Gasteiger partial charge in [0.2, 0.25) is 5.82 Å². The van der Waals surface area contributed by atoms with Gasteiger partial charge in [-0.25, -0.2) is 9.89 Å². The van der Waals surface area contributed by atoms with Gasteiger partial charge >= 0.3 is 5.69 Å². The van der Waals surface area contributed by atoms with E-state index in [2.05, 4.69) is 34.3 Å². The maximum Gasteiger partial charge on any atom is 0.342 e. The average molecular weight is 267 g/mol. The number of hydrogen-bond donors (Lipinski definition) is 3. The summed E-state index contributed by atoms with van der Waals surface area (Å²) in [5, 5.41) is 9.59. The molecule has 1 unspecified atom stereocenters. The third-order valence-electron chi connectivity index (χ3n) is 3.18. The largest absolute Gasteiger partial charge is 0.349 e. The smallest absolute Gasteiger partial charge is 0.342 e. The van der Waals surface area contributed by atoms with Gasteiger partial charge in [0.05, 0.1) is 0 Å². The first-order valence-electron chi connectivity index (χ1n) is 6.73. The van der Waals surface area contributed by atoms with E-state index in [1.54, 1.807) is 0 Å². The summed E-state index contributed by atoms with van der Waals surface area (Å²) in [6, 6.07) is 0.381. The van der Waals surface area contributed by atoms with Gasteiger partial charge in [0.25, 0.3) is 5.56 Å². The number of hydrogen-bond acceptors (Lipinski definition) is 5. The molecule has 1 aliphatic heterocycles. The van der Waals surface area contributed by atoms with Crippen LogP contribution in [0, 0.1) is 5.92 Å². The number of H-pyrrole nitrogens is 2. The predicted octanol–water partition coefficient (Wildman–Crippen LogP) is -0.327. The second-order valence-corrected chi connectivity index (χ2v) is 5.42. The standard InChI is InChI=1S/C12H21N5O2/c1-8(2)6-17(7-9-4-3-5-13-9)10-11(18)14-12(19)16-15-10/h8-9,13H,3-7H2,1-2H3,(H2,14,16,18,19). The van der Waals surface area contributed by atoms with Crippen molar-refractivity contribution in [3.05, 3.63) is 20.8 Å². The Morgan fingerprint density at radius 3 is 2.79 bits per heavy atom. The molecular weight excluding hydrogens is 246 g/mol. The Balaban J connectivity index is 2.20. The molecule has 3 N–H and O–H groups in total. The van der Waals surface area contributed by atoms with Gasteiger partial charge in [-0.3, -0.25) is 9.78 Å². The van der Waals surface area contributed by atoms with E-state index in [4.69, 9.17) is 0 Å². The van der Waals surface area contributed by atoms with Crippen LogP contribution in [0.4, 0.5) is 5.82 Å². The van der Waals surface area contributed by atoms with Gasteiger partial charge in [0.15, 0.2) is 0 Å². The van der Waals surface area contributed by atoms with Crippen LogP contribution in [0.1, 0.15) is 26.7 Å². The van der Waals surface area contributed by atoms with Gasteiger partial charge < -0.3 is 10.2 Å².